The lowest BCUT2D eigenvalue weighted by Gasteiger charge is -2.07. The van der Waals surface area contributed by atoms with Crippen molar-refractivity contribution in [3.63, 3.8) is 0 Å². The van der Waals surface area contributed by atoms with E-state index in [-0.39, 0.29) is 11.7 Å². The van der Waals surface area contributed by atoms with E-state index in [1.54, 1.807) is 6.07 Å². The molecule has 1 rings (SSSR count). The summed E-state index contributed by atoms with van der Waals surface area (Å²) in [5.41, 5.74) is 1.30. The van der Waals surface area contributed by atoms with Gasteiger partial charge in [0, 0.05) is 0 Å². The Balaban J connectivity index is 3.30. The average Bonchev–Trinajstić information content (AvgIpc) is 2.03. The van der Waals surface area contributed by atoms with Crippen molar-refractivity contribution in [3.8, 4) is 11.8 Å². The third-order valence-electron chi connectivity index (χ3n) is 1.81. The van der Waals surface area contributed by atoms with Crippen LogP contribution in [-0.2, 0) is 0 Å². The summed E-state index contributed by atoms with van der Waals surface area (Å²) in [5.74, 6) is 0.343. The van der Waals surface area contributed by atoms with Gasteiger partial charge in [-0.15, -0.1) is 0 Å². The van der Waals surface area contributed by atoms with Crippen molar-refractivity contribution in [2.24, 2.45) is 0 Å². The van der Waals surface area contributed by atoms with Crippen LogP contribution < -0.4 is 0 Å². The van der Waals surface area contributed by atoms with Crippen LogP contribution in [-0.4, -0.2) is 5.11 Å². The lowest BCUT2D eigenvalue weighted by atomic mass is 9.97. The molecule has 0 aliphatic carbocycles. The van der Waals surface area contributed by atoms with Crippen LogP contribution in [0.25, 0.3) is 0 Å². The van der Waals surface area contributed by atoms with Crippen molar-refractivity contribution in [2.45, 2.75) is 19.8 Å². The van der Waals surface area contributed by atoms with Gasteiger partial charge in [-0.2, -0.15) is 5.26 Å². The molecule has 2 heteroatoms. The number of phenols is 1. The summed E-state index contributed by atoms with van der Waals surface area (Å²) < 4.78 is 0. The number of aromatic hydroxyl groups is 1. The molecule has 2 nitrogen and oxygen atoms in total. The molecule has 0 radical (unpaired) electrons. The Hall–Kier alpha value is -1.49. The maximum Gasteiger partial charge on any atom is 0.133 e. The molecule has 1 aromatic rings. The van der Waals surface area contributed by atoms with Gasteiger partial charge < -0.3 is 5.11 Å². The second-order valence-corrected chi connectivity index (χ2v) is 3.01. The van der Waals surface area contributed by atoms with Gasteiger partial charge in [-0.3, -0.25) is 0 Å². The fourth-order valence-electron chi connectivity index (χ4n) is 1.16. The molecule has 12 heavy (non-hydrogen) atoms. The van der Waals surface area contributed by atoms with Crippen molar-refractivity contribution < 1.29 is 5.11 Å². The van der Waals surface area contributed by atoms with Crippen molar-refractivity contribution in [3.05, 3.63) is 29.3 Å². The monoisotopic (exact) mass is 161 g/mol. The normalized spacial score (nSPS) is 9.83. The Morgan fingerprint density at radius 3 is 2.50 bits per heavy atom. The van der Waals surface area contributed by atoms with Crippen molar-refractivity contribution in [1.29, 1.82) is 5.26 Å². The molecule has 0 atom stereocenters. The van der Waals surface area contributed by atoms with E-state index in [0.717, 1.165) is 5.56 Å². The Bertz CT molecular complexity index is 323. The summed E-state index contributed by atoms with van der Waals surface area (Å²) in [6.07, 6.45) is 0. The minimum Gasteiger partial charge on any atom is -0.507 e. The maximum atomic E-state index is 9.32. The van der Waals surface area contributed by atoms with Crippen LogP contribution in [0.2, 0.25) is 0 Å². The first-order valence-electron chi connectivity index (χ1n) is 3.88. The van der Waals surface area contributed by atoms with Gasteiger partial charge >= 0.3 is 0 Å². The molecule has 1 N–H and O–H groups in total. The minimum absolute atomic E-state index is 0.0729. The van der Waals surface area contributed by atoms with Gasteiger partial charge in [0.15, 0.2) is 0 Å². The van der Waals surface area contributed by atoms with Gasteiger partial charge in [-0.1, -0.05) is 26.0 Å². The van der Waals surface area contributed by atoms with E-state index in [1.807, 2.05) is 26.0 Å². The van der Waals surface area contributed by atoms with Crippen LogP contribution in [0.4, 0.5) is 0 Å². The van der Waals surface area contributed by atoms with Crippen molar-refractivity contribution in [2.75, 3.05) is 0 Å². The zero-order valence-corrected chi connectivity index (χ0v) is 7.20. The first-order valence-corrected chi connectivity index (χ1v) is 3.88. The van der Waals surface area contributed by atoms with Crippen LogP contribution in [0.15, 0.2) is 18.2 Å². The summed E-state index contributed by atoms with van der Waals surface area (Å²) in [6.45, 7) is 3.99. The van der Waals surface area contributed by atoms with Gasteiger partial charge in [0.1, 0.15) is 11.8 Å². The molecule has 62 valence electrons. The summed E-state index contributed by atoms with van der Waals surface area (Å²) >= 11 is 0. The van der Waals surface area contributed by atoms with E-state index in [4.69, 9.17) is 5.26 Å². The second kappa shape index (κ2) is 3.27. The van der Waals surface area contributed by atoms with Gasteiger partial charge in [-0.25, -0.2) is 0 Å². The van der Waals surface area contributed by atoms with E-state index in [2.05, 4.69) is 0 Å². The first-order chi connectivity index (χ1) is 5.66. The van der Waals surface area contributed by atoms with E-state index in [1.165, 1.54) is 6.07 Å². The molecule has 0 amide bonds. The number of nitriles is 1. The SMILES string of the molecule is CC(C)c1cccc(O)c1C#N. The van der Waals surface area contributed by atoms with E-state index >= 15 is 0 Å². The largest absolute Gasteiger partial charge is 0.507 e. The van der Waals surface area contributed by atoms with Crippen LogP contribution >= 0.6 is 0 Å². The standard InChI is InChI=1S/C10H11NO/c1-7(2)8-4-3-5-10(12)9(8)6-11/h3-5,7,12H,1-2H3. The fourth-order valence-corrected chi connectivity index (χ4v) is 1.16. The smallest absolute Gasteiger partial charge is 0.133 e. The van der Waals surface area contributed by atoms with Crippen molar-refractivity contribution >= 4 is 0 Å². The molecular weight excluding hydrogens is 150 g/mol. The van der Waals surface area contributed by atoms with Crippen LogP contribution in [0.3, 0.4) is 0 Å². The van der Waals surface area contributed by atoms with Crippen LogP contribution in [0.1, 0.15) is 30.9 Å². The molecule has 0 heterocycles. The lowest BCUT2D eigenvalue weighted by Crippen LogP contribution is -1.92. The maximum absolute atomic E-state index is 9.32. The molecule has 0 aliphatic heterocycles. The molecule has 0 fully saturated rings. The van der Waals surface area contributed by atoms with E-state index < -0.39 is 0 Å². The Morgan fingerprint density at radius 1 is 1.42 bits per heavy atom. The molecule has 0 bridgehead atoms. The molecule has 0 saturated carbocycles. The summed E-state index contributed by atoms with van der Waals surface area (Å²) in [4.78, 5) is 0. The Morgan fingerprint density at radius 2 is 2.08 bits per heavy atom. The molecule has 0 saturated heterocycles. The summed E-state index contributed by atoms with van der Waals surface area (Å²) in [6, 6.07) is 7.15. The predicted octanol–water partition coefficient (Wildman–Crippen LogP) is 2.39. The highest BCUT2D eigenvalue weighted by Gasteiger charge is 2.08. The van der Waals surface area contributed by atoms with Gasteiger partial charge in [0.2, 0.25) is 0 Å². The highest BCUT2D eigenvalue weighted by Crippen LogP contribution is 2.25. The minimum atomic E-state index is 0.0729. The highest BCUT2D eigenvalue weighted by atomic mass is 16.3. The van der Waals surface area contributed by atoms with Crippen LogP contribution in [0.5, 0.6) is 5.75 Å². The third kappa shape index (κ3) is 1.40. The number of rotatable bonds is 1. The lowest BCUT2D eigenvalue weighted by molar-refractivity contribution is 0.472. The topological polar surface area (TPSA) is 44.0 Å². The quantitative estimate of drug-likeness (QED) is 0.687. The predicted molar refractivity (Wildman–Crippen MR) is 46.9 cm³/mol. The summed E-state index contributed by atoms with van der Waals surface area (Å²) in [5, 5.41) is 18.1. The third-order valence-corrected chi connectivity index (χ3v) is 1.81. The second-order valence-electron chi connectivity index (χ2n) is 3.01. The van der Waals surface area contributed by atoms with Gasteiger partial charge in [0.25, 0.3) is 0 Å². The van der Waals surface area contributed by atoms with Crippen LogP contribution in [0, 0.1) is 11.3 Å². The zero-order chi connectivity index (χ0) is 9.14. The van der Waals surface area contributed by atoms with E-state index in [0.29, 0.717) is 5.56 Å². The number of hydrogen-bond acceptors (Lipinski definition) is 2. The molecule has 1 aromatic carbocycles. The number of hydrogen-bond donors (Lipinski definition) is 1. The molecule has 0 spiro atoms. The molecule has 0 aliphatic rings. The molecule has 0 unspecified atom stereocenters. The number of benzene rings is 1. The van der Waals surface area contributed by atoms with Gasteiger partial charge in [0.05, 0.1) is 5.56 Å². The zero-order valence-electron chi connectivity index (χ0n) is 7.20. The van der Waals surface area contributed by atoms with Crippen molar-refractivity contribution in [1.82, 2.24) is 0 Å². The highest BCUT2D eigenvalue weighted by molar-refractivity contribution is 5.49. The number of nitrogens with zero attached hydrogens (tertiary/aromatic N) is 1. The summed E-state index contributed by atoms with van der Waals surface area (Å²) in [7, 11) is 0. The number of phenolic OH excluding ortho intramolecular Hbond substituents is 1. The van der Waals surface area contributed by atoms with Gasteiger partial charge in [-0.05, 0) is 17.5 Å². The molecule has 0 aromatic heterocycles. The molecular formula is C10H11NO. The van der Waals surface area contributed by atoms with E-state index in [9.17, 15) is 5.11 Å². The Kier molecular flexibility index (Phi) is 2.35. The fraction of sp³-hybridized carbons (Fsp3) is 0.300. The Labute approximate surface area is 72.1 Å². The average molecular weight is 161 g/mol. The first kappa shape index (κ1) is 8.61.